The maximum atomic E-state index is 3.64. The molecule has 0 aromatic heterocycles. The Labute approximate surface area is 101 Å². The summed E-state index contributed by atoms with van der Waals surface area (Å²) in [5.74, 6) is 0.916. The van der Waals surface area contributed by atoms with E-state index in [4.69, 9.17) is 0 Å². The number of hydrogen-bond donors (Lipinski definition) is 0. The van der Waals surface area contributed by atoms with Gasteiger partial charge in [-0.1, -0.05) is 34.1 Å². The first-order valence-corrected chi connectivity index (χ1v) is 6.97. The van der Waals surface area contributed by atoms with Crippen LogP contribution in [0.4, 0.5) is 0 Å². The van der Waals surface area contributed by atoms with Crippen molar-refractivity contribution < 1.29 is 0 Å². The summed E-state index contributed by atoms with van der Waals surface area (Å²) in [4.78, 5) is 0. The molecule has 16 heavy (non-hydrogen) atoms. The lowest BCUT2D eigenvalue weighted by atomic mass is 9.69. The number of fused-ring (bicyclic) bond motifs is 2. The molecule has 2 fully saturated rings. The van der Waals surface area contributed by atoms with E-state index in [1.165, 1.54) is 38.5 Å². The highest BCUT2D eigenvalue weighted by Gasteiger charge is 2.58. The lowest BCUT2D eigenvalue weighted by molar-refractivity contribution is 0.179. The van der Waals surface area contributed by atoms with Crippen molar-refractivity contribution in [3.05, 3.63) is 17.4 Å². The predicted molar refractivity (Wildman–Crippen MR) is 70.4 cm³/mol. The first kappa shape index (κ1) is 12.0. The van der Waals surface area contributed by atoms with Crippen LogP contribution in [0.2, 0.25) is 0 Å². The molecule has 0 aromatic rings. The fourth-order valence-electron chi connectivity index (χ4n) is 3.68. The Kier molecular flexibility index (Phi) is 3.05. The van der Waals surface area contributed by atoms with Crippen molar-refractivity contribution in [2.24, 2.45) is 16.7 Å². The van der Waals surface area contributed by atoms with Crippen molar-refractivity contribution in [3.63, 3.8) is 0 Å². The summed E-state index contributed by atoms with van der Waals surface area (Å²) in [5.41, 5.74) is 6.20. The van der Waals surface area contributed by atoms with E-state index in [0.29, 0.717) is 10.8 Å². The number of hydrogen-bond acceptors (Lipinski definition) is 0. The maximum Gasteiger partial charge on any atom is 0.00134 e. The highest BCUT2D eigenvalue weighted by Crippen LogP contribution is 2.67. The predicted octanol–water partition coefficient (Wildman–Crippen LogP) is 5.10. The van der Waals surface area contributed by atoms with Gasteiger partial charge in [-0.05, 0) is 55.1 Å². The molecule has 90 valence electrons. The SMILES string of the molecule is CCCCC=C=C1C[C@H]2CC[C@]1(C)C2(C)C. The first-order chi connectivity index (χ1) is 7.52. The van der Waals surface area contributed by atoms with Gasteiger partial charge < -0.3 is 0 Å². The van der Waals surface area contributed by atoms with E-state index >= 15 is 0 Å². The van der Waals surface area contributed by atoms with E-state index in [2.05, 4.69) is 39.5 Å². The van der Waals surface area contributed by atoms with Gasteiger partial charge in [0.25, 0.3) is 0 Å². The van der Waals surface area contributed by atoms with Crippen molar-refractivity contribution in [3.8, 4) is 0 Å². The van der Waals surface area contributed by atoms with E-state index < -0.39 is 0 Å². The summed E-state index contributed by atoms with van der Waals surface area (Å²) in [5, 5.41) is 0. The van der Waals surface area contributed by atoms with Crippen LogP contribution >= 0.6 is 0 Å². The van der Waals surface area contributed by atoms with Crippen LogP contribution in [0, 0.1) is 16.7 Å². The van der Waals surface area contributed by atoms with Crippen LogP contribution in [-0.4, -0.2) is 0 Å². The molecule has 2 atom stereocenters. The summed E-state index contributed by atoms with van der Waals surface area (Å²) in [7, 11) is 0. The quantitative estimate of drug-likeness (QED) is 0.456. The number of allylic oxidation sites excluding steroid dienone is 1. The molecular weight excluding hydrogens is 192 g/mol. The lowest BCUT2D eigenvalue weighted by Gasteiger charge is -2.34. The molecule has 0 amide bonds. The van der Waals surface area contributed by atoms with Gasteiger partial charge in [0.1, 0.15) is 0 Å². The molecule has 2 rings (SSSR count). The van der Waals surface area contributed by atoms with E-state index in [1.54, 1.807) is 5.57 Å². The highest BCUT2D eigenvalue weighted by atomic mass is 14.6. The van der Waals surface area contributed by atoms with Crippen LogP contribution in [0.3, 0.4) is 0 Å². The minimum absolute atomic E-state index is 0.445. The molecule has 0 heterocycles. The fraction of sp³-hybridized carbons (Fsp3) is 0.812. The monoisotopic (exact) mass is 218 g/mol. The van der Waals surface area contributed by atoms with E-state index in [9.17, 15) is 0 Å². The van der Waals surface area contributed by atoms with Crippen molar-refractivity contribution >= 4 is 0 Å². The summed E-state index contributed by atoms with van der Waals surface area (Å²) >= 11 is 0. The van der Waals surface area contributed by atoms with Gasteiger partial charge in [0.05, 0.1) is 0 Å². The molecule has 0 unspecified atom stereocenters. The topological polar surface area (TPSA) is 0 Å². The van der Waals surface area contributed by atoms with E-state index in [0.717, 1.165) is 5.92 Å². The summed E-state index contributed by atoms with van der Waals surface area (Å²) in [6.07, 6.45) is 10.2. The molecule has 2 aliphatic carbocycles. The molecule has 2 aliphatic rings. The van der Waals surface area contributed by atoms with Gasteiger partial charge in [0.2, 0.25) is 0 Å². The molecule has 0 heteroatoms. The Morgan fingerprint density at radius 3 is 2.62 bits per heavy atom. The zero-order valence-electron chi connectivity index (χ0n) is 11.4. The molecule has 0 radical (unpaired) electrons. The van der Waals surface area contributed by atoms with Gasteiger partial charge in [0, 0.05) is 5.41 Å². The van der Waals surface area contributed by atoms with Gasteiger partial charge in [-0.25, -0.2) is 0 Å². The zero-order chi connectivity index (χ0) is 11.8. The van der Waals surface area contributed by atoms with Gasteiger partial charge >= 0.3 is 0 Å². The Morgan fingerprint density at radius 2 is 2.12 bits per heavy atom. The minimum Gasteiger partial charge on any atom is -0.125 e. The van der Waals surface area contributed by atoms with Crippen LogP contribution in [-0.2, 0) is 0 Å². The molecule has 0 aromatic carbocycles. The van der Waals surface area contributed by atoms with Crippen LogP contribution in [0.1, 0.15) is 66.2 Å². The average molecular weight is 218 g/mol. The molecule has 0 N–H and O–H groups in total. The second-order valence-electron chi connectivity index (χ2n) is 6.46. The summed E-state index contributed by atoms with van der Waals surface area (Å²) in [6, 6.07) is 0. The third-order valence-electron chi connectivity index (χ3n) is 5.53. The van der Waals surface area contributed by atoms with Gasteiger partial charge in [-0.15, -0.1) is 5.73 Å². The van der Waals surface area contributed by atoms with Gasteiger partial charge in [-0.3, -0.25) is 0 Å². The first-order valence-electron chi connectivity index (χ1n) is 6.97. The van der Waals surface area contributed by atoms with Crippen LogP contribution in [0.25, 0.3) is 0 Å². The molecule has 2 saturated carbocycles. The van der Waals surface area contributed by atoms with Gasteiger partial charge in [-0.2, -0.15) is 0 Å². The lowest BCUT2D eigenvalue weighted by Crippen LogP contribution is -2.27. The third kappa shape index (κ3) is 1.59. The van der Waals surface area contributed by atoms with Crippen molar-refractivity contribution in [2.75, 3.05) is 0 Å². The number of rotatable bonds is 3. The Morgan fingerprint density at radius 1 is 1.38 bits per heavy atom. The molecule has 0 nitrogen and oxygen atoms in total. The van der Waals surface area contributed by atoms with Crippen LogP contribution in [0.15, 0.2) is 17.4 Å². The highest BCUT2D eigenvalue weighted by molar-refractivity contribution is 5.28. The zero-order valence-corrected chi connectivity index (χ0v) is 11.4. The van der Waals surface area contributed by atoms with Crippen molar-refractivity contribution in [1.29, 1.82) is 0 Å². The molecular formula is C16H26. The van der Waals surface area contributed by atoms with Crippen LogP contribution in [0.5, 0.6) is 0 Å². The molecule has 0 saturated heterocycles. The molecule has 0 spiro atoms. The maximum absolute atomic E-state index is 3.64. The largest absolute Gasteiger partial charge is 0.125 e. The molecule has 2 bridgehead atoms. The Balaban J connectivity index is 2.18. The van der Waals surface area contributed by atoms with Gasteiger partial charge in [0.15, 0.2) is 0 Å². The Bertz CT molecular complexity index is 328. The van der Waals surface area contributed by atoms with Crippen LogP contribution < -0.4 is 0 Å². The average Bonchev–Trinajstić information content (AvgIpc) is 2.57. The van der Waals surface area contributed by atoms with E-state index in [-0.39, 0.29) is 0 Å². The summed E-state index contributed by atoms with van der Waals surface area (Å²) in [6.45, 7) is 9.65. The minimum atomic E-state index is 0.445. The second kappa shape index (κ2) is 4.08. The van der Waals surface area contributed by atoms with E-state index in [1.807, 2.05) is 0 Å². The van der Waals surface area contributed by atoms with Crippen molar-refractivity contribution in [2.45, 2.75) is 66.2 Å². The molecule has 0 aliphatic heterocycles. The van der Waals surface area contributed by atoms with Crippen molar-refractivity contribution in [1.82, 2.24) is 0 Å². The fourth-order valence-corrected chi connectivity index (χ4v) is 3.68. The summed E-state index contributed by atoms with van der Waals surface area (Å²) < 4.78 is 0. The number of unbranched alkanes of at least 4 members (excludes halogenated alkanes) is 2. The normalized spacial score (nSPS) is 35.2. The smallest absolute Gasteiger partial charge is 0.00134 e. The third-order valence-corrected chi connectivity index (χ3v) is 5.53. The standard InChI is InChI=1S/C16H26/c1-5-6-7-8-9-14-12-13-10-11-16(14,4)15(13,2)3/h8,13H,5-7,10-12H2,1-4H3/t9?,13-,16+/m1/s1. The second-order valence-corrected chi connectivity index (χ2v) is 6.46. The Hall–Kier alpha value is -0.480.